The summed E-state index contributed by atoms with van der Waals surface area (Å²) < 4.78 is 4.50. The van der Waals surface area contributed by atoms with Gasteiger partial charge in [-0.3, -0.25) is 14.4 Å². The summed E-state index contributed by atoms with van der Waals surface area (Å²) in [6, 6.07) is 9.04. The topological polar surface area (TPSA) is 113 Å². The minimum atomic E-state index is -1.37. The predicted octanol–water partition coefficient (Wildman–Crippen LogP) is 1.87. The maximum absolute atomic E-state index is 12.8. The van der Waals surface area contributed by atoms with Crippen molar-refractivity contribution in [3.8, 4) is 0 Å². The third-order valence-corrected chi connectivity index (χ3v) is 4.39. The van der Waals surface area contributed by atoms with Crippen molar-refractivity contribution in [1.29, 1.82) is 0 Å². The molecule has 0 bridgehead atoms. The molecule has 1 atom stereocenters. The van der Waals surface area contributed by atoms with E-state index in [1.807, 2.05) is 24.3 Å². The Morgan fingerprint density at radius 1 is 1.26 bits per heavy atom. The molecule has 8 nitrogen and oxygen atoms in total. The number of H-pyrrole nitrogens is 1. The molecule has 27 heavy (non-hydrogen) atoms. The van der Waals surface area contributed by atoms with Gasteiger partial charge in [0.15, 0.2) is 5.78 Å². The number of esters is 1. The first-order chi connectivity index (χ1) is 12.8. The van der Waals surface area contributed by atoms with Crippen LogP contribution in [0.15, 0.2) is 30.3 Å². The lowest BCUT2D eigenvalue weighted by Crippen LogP contribution is -2.39. The highest BCUT2D eigenvalue weighted by Crippen LogP contribution is 2.28. The largest absolute Gasteiger partial charge is 0.469 e. The molecule has 2 heterocycles. The van der Waals surface area contributed by atoms with Crippen LogP contribution in [0.4, 0.5) is 0 Å². The molecule has 2 N–H and O–H groups in total. The number of pyridine rings is 1. The van der Waals surface area contributed by atoms with Crippen LogP contribution in [0.3, 0.4) is 0 Å². The van der Waals surface area contributed by atoms with Gasteiger partial charge in [0.1, 0.15) is 17.6 Å². The van der Waals surface area contributed by atoms with E-state index in [0.29, 0.717) is 10.9 Å². The molecule has 0 unspecified atom stereocenters. The number of nitrogens with one attached hydrogen (secondary N) is 1. The van der Waals surface area contributed by atoms with E-state index < -0.39 is 18.1 Å². The normalized spacial score (nSPS) is 12.1. The van der Waals surface area contributed by atoms with Gasteiger partial charge in [-0.05, 0) is 12.1 Å². The number of aromatic amines is 1. The third kappa shape index (κ3) is 3.39. The van der Waals surface area contributed by atoms with Crippen LogP contribution in [0.5, 0.6) is 0 Å². The number of nitrogens with zero attached hydrogens (tertiary/aromatic N) is 2. The fourth-order valence-electron chi connectivity index (χ4n) is 2.90. The number of fused-ring (bicyclic) bond motifs is 3. The second-order valence-electron chi connectivity index (χ2n) is 6.18. The molecule has 1 aromatic carbocycles. The fourth-order valence-corrected chi connectivity index (χ4v) is 2.90. The predicted molar refractivity (Wildman–Crippen MR) is 98.3 cm³/mol. The van der Waals surface area contributed by atoms with Gasteiger partial charge in [-0.15, -0.1) is 0 Å². The summed E-state index contributed by atoms with van der Waals surface area (Å²) in [6.07, 6.45) is -1.74. The van der Waals surface area contributed by atoms with Gasteiger partial charge in [0, 0.05) is 30.3 Å². The number of ether oxygens (including phenoxy) is 1. The highest BCUT2D eigenvalue weighted by atomic mass is 16.5. The lowest BCUT2D eigenvalue weighted by atomic mass is 10.1. The Balaban J connectivity index is 2.08. The van der Waals surface area contributed by atoms with Crippen molar-refractivity contribution < 1.29 is 24.2 Å². The molecule has 0 aliphatic carbocycles. The summed E-state index contributed by atoms with van der Waals surface area (Å²) in [4.78, 5) is 44.5. The summed E-state index contributed by atoms with van der Waals surface area (Å²) in [5.41, 5.74) is 1.52. The minimum absolute atomic E-state index is 0.00358. The SMILES string of the molecule is COC(=O)C[C@H](O)N(C)C(=O)c1cc2c([nH]c3ccccc32)c(C(C)=O)n1. The van der Waals surface area contributed by atoms with Crippen LogP contribution < -0.4 is 0 Å². The maximum atomic E-state index is 12.8. The average molecular weight is 369 g/mol. The quantitative estimate of drug-likeness (QED) is 0.403. The fraction of sp³-hybridized carbons (Fsp3) is 0.263. The van der Waals surface area contributed by atoms with Gasteiger partial charge in [0.25, 0.3) is 5.91 Å². The first-order valence-electron chi connectivity index (χ1n) is 8.28. The van der Waals surface area contributed by atoms with E-state index in [0.717, 1.165) is 15.8 Å². The van der Waals surface area contributed by atoms with E-state index in [9.17, 15) is 19.5 Å². The first-order valence-corrected chi connectivity index (χ1v) is 8.28. The number of Topliss-reactive ketones (excluding diaryl/α,β-unsaturated/α-hetero) is 1. The molecule has 0 saturated heterocycles. The number of methoxy groups -OCH3 is 1. The van der Waals surface area contributed by atoms with E-state index in [4.69, 9.17) is 0 Å². The zero-order valence-corrected chi connectivity index (χ0v) is 15.1. The molecule has 140 valence electrons. The number of para-hydroxylation sites is 1. The average Bonchev–Trinajstić information content (AvgIpc) is 3.04. The van der Waals surface area contributed by atoms with Gasteiger partial charge in [-0.25, -0.2) is 4.98 Å². The molecular weight excluding hydrogens is 350 g/mol. The second kappa shape index (κ2) is 7.16. The van der Waals surface area contributed by atoms with Gasteiger partial charge in [-0.1, -0.05) is 18.2 Å². The molecule has 3 aromatic rings. The zero-order chi connectivity index (χ0) is 19.7. The van der Waals surface area contributed by atoms with Crippen molar-refractivity contribution >= 4 is 39.5 Å². The molecule has 0 aliphatic rings. The van der Waals surface area contributed by atoms with Crippen LogP contribution in [0.1, 0.15) is 34.3 Å². The number of ketones is 1. The number of carbonyl (C=O) groups is 3. The third-order valence-electron chi connectivity index (χ3n) is 4.39. The molecule has 2 aromatic heterocycles. The lowest BCUT2D eigenvalue weighted by molar-refractivity contribution is -0.144. The summed E-state index contributed by atoms with van der Waals surface area (Å²) in [5.74, 6) is -1.55. The van der Waals surface area contributed by atoms with Gasteiger partial charge in [-0.2, -0.15) is 0 Å². The number of amides is 1. The summed E-state index contributed by atoms with van der Waals surface area (Å²) in [6.45, 7) is 1.37. The molecule has 8 heteroatoms. The molecule has 3 rings (SSSR count). The highest BCUT2D eigenvalue weighted by Gasteiger charge is 2.25. The Morgan fingerprint density at radius 3 is 2.63 bits per heavy atom. The van der Waals surface area contributed by atoms with Crippen LogP contribution in [-0.2, 0) is 9.53 Å². The molecule has 1 amide bonds. The van der Waals surface area contributed by atoms with E-state index in [1.54, 1.807) is 6.07 Å². The number of carbonyl (C=O) groups excluding carboxylic acids is 3. The number of rotatable bonds is 5. The summed E-state index contributed by atoms with van der Waals surface area (Å²) in [7, 11) is 2.55. The Labute approximate surface area is 154 Å². The van der Waals surface area contributed by atoms with Gasteiger partial charge in [0.2, 0.25) is 0 Å². The van der Waals surface area contributed by atoms with Crippen LogP contribution in [0.2, 0.25) is 0 Å². The number of hydrogen-bond acceptors (Lipinski definition) is 6. The molecule has 0 aliphatic heterocycles. The van der Waals surface area contributed by atoms with Crippen molar-refractivity contribution in [1.82, 2.24) is 14.9 Å². The van der Waals surface area contributed by atoms with Crippen LogP contribution in [-0.4, -0.2) is 58.0 Å². The standard InChI is InChI=1S/C19H19N3O5/c1-10(23)17-18-12(11-6-4-5-7-13(11)20-18)8-14(21-17)19(26)22(2)15(24)9-16(25)27-3/h4-8,15,20,24H,9H2,1-3H3/t15-/m0/s1. The minimum Gasteiger partial charge on any atom is -0.469 e. The molecule has 0 radical (unpaired) electrons. The Hall–Kier alpha value is -3.26. The van der Waals surface area contributed by atoms with Crippen LogP contribution in [0, 0.1) is 0 Å². The van der Waals surface area contributed by atoms with Gasteiger partial charge < -0.3 is 19.7 Å². The van der Waals surface area contributed by atoms with Crippen LogP contribution in [0.25, 0.3) is 21.8 Å². The zero-order valence-electron chi connectivity index (χ0n) is 15.1. The molecule has 0 saturated carbocycles. The Bertz CT molecular complexity index is 1060. The molecular formula is C19H19N3O5. The number of aliphatic hydroxyl groups excluding tert-OH is 1. The van der Waals surface area contributed by atoms with Crippen molar-refractivity contribution in [2.45, 2.75) is 19.6 Å². The van der Waals surface area contributed by atoms with Gasteiger partial charge in [0.05, 0.1) is 19.0 Å². The van der Waals surface area contributed by atoms with Crippen molar-refractivity contribution in [2.75, 3.05) is 14.2 Å². The highest BCUT2D eigenvalue weighted by molar-refractivity contribution is 6.15. The lowest BCUT2D eigenvalue weighted by Gasteiger charge is -2.22. The first kappa shape index (κ1) is 18.5. The smallest absolute Gasteiger partial charge is 0.310 e. The van der Waals surface area contributed by atoms with Crippen molar-refractivity contribution in [3.05, 3.63) is 41.7 Å². The number of aromatic nitrogens is 2. The monoisotopic (exact) mass is 369 g/mol. The Morgan fingerprint density at radius 2 is 1.96 bits per heavy atom. The molecule has 0 spiro atoms. The number of benzene rings is 1. The maximum Gasteiger partial charge on any atom is 0.310 e. The Kier molecular flexibility index (Phi) is 4.91. The summed E-state index contributed by atoms with van der Waals surface area (Å²) in [5, 5.41) is 11.6. The van der Waals surface area contributed by atoms with E-state index in [1.165, 1.54) is 21.1 Å². The van der Waals surface area contributed by atoms with E-state index in [-0.39, 0.29) is 23.6 Å². The van der Waals surface area contributed by atoms with E-state index >= 15 is 0 Å². The number of aliphatic hydroxyl groups is 1. The number of hydrogen-bond donors (Lipinski definition) is 2. The van der Waals surface area contributed by atoms with Gasteiger partial charge >= 0.3 is 5.97 Å². The van der Waals surface area contributed by atoms with E-state index in [2.05, 4.69) is 14.7 Å². The summed E-state index contributed by atoms with van der Waals surface area (Å²) >= 11 is 0. The second-order valence-corrected chi connectivity index (χ2v) is 6.18. The van der Waals surface area contributed by atoms with Crippen LogP contribution >= 0.6 is 0 Å². The molecule has 0 fully saturated rings. The van der Waals surface area contributed by atoms with Crippen molar-refractivity contribution in [2.24, 2.45) is 0 Å². The van der Waals surface area contributed by atoms with Crippen molar-refractivity contribution in [3.63, 3.8) is 0 Å².